The monoisotopic (exact) mass is 383 g/mol. The lowest BCUT2D eigenvalue weighted by Crippen LogP contribution is -2.41. The van der Waals surface area contributed by atoms with Gasteiger partial charge in [0.1, 0.15) is 5.82 Å². The molecule has 0 bridgehead atoms. The number of hydrogen-bond acceptors (Lipinski definition) is 4. The van der Waals surface area contributed by atoms with Crippen molar-refractivity contribution in [3.05, 3.63) is 76.9 Å². The van der Waals surface area contributed by atoms with Gasteiger partial charge >= 0.3 is 0 Å². The maximum Gasteiger partial charge on any atom is 0.279 e. The first-order chi connectivity index (χ1) is 12.9. The van der Waals surface area contributed by atoms with Crippen molar-refractivity contribution in [1.29, 1.82) is 0 Å². The Morgan fingerprint density at radius 1 is 0.926 bits per heavy atom. The molecule has 2 N–H and O–H groups in total. The molecule has 27 heavy (non-hydrogen) atoms. The second-order valence-corrected chi connectivity index (χ2v) is 7.11. The van der Waals surface area contributed by atoms with Crippen LogP contribution < -0.4 is 15.8 Å². The third-order valence-corrected chi connectivity index (χ3v) is 5.01. The van der Waals surface area contributed by atoms with Crippen LogP contribution in [0.2, 0.25) is 0 Å². The first-order valence-corrected chi connectivity index (χ1v) is 8.99. The van der Waals surface area contributed by atoms with E-state index in [1.165, 1.54) is 23.5 Å². The average Bonchev–Trinajstić information content (AvgIpc) is 3.16. The van der Waals surface area contributed by atoms with E-state index >= 15 is 0 Å². The van der Waals surface area contributed by atoms with Crippen LogP contribution in [0, 0.1) is 5.82 Å². The van der Waals surface area contributed by atoms with E-state index in [0.29, 0.717) is 10.4 Å². The number of hydrogen-bond donors (Lipinski definition) is 2. The molecule has 0 fully saturated rings. The number of thiophene rings is 1. The highest BCUT2D eigenvalue weighted by Gasteiger charge is 2.13. The quantitative estimate of drug-likeness (QED) is 0.676. The predicted molar refractivity (Wildman–Crippen MR) is 105 cm³/mol. The second-order valence-electron chi connectivity index (χ2n) is 6.02. The molecule has 1 aromatic heterocycles. The molecule has 0 saturated heterocycles. The summed E-state index contributed by atoms with van der Waals surface area (Å²) in [5.41, 5.74) is 6.99. The van der Waals surface area contributed by atoms with Gasteiger partial charge in [-0.3, -0.25) is 20.4 Å². The highest BCUT2D eigenvalue weighted by Crippen LogP contribution is 2.28. The Morgan fingerprint density at radius 2 is 1.63 bits per heavy atom. The lowest BCUT2D eigenvalue weighted by molar-refractivity contribution is 0.0849. The van der Waals surface area contributed by atoms with Gasteiger partial charge in [-0.25, -0.2) is 4.39 Å². The molecule has 0 aliphatic rings. The summed E-state index contributed by atoms with van der Waals surface area (Å²) < 4.78 is 13.0. The molecule has 0 aliphatic heterocycles. The van der Waals surface area contributed by atoms with E-state index in [0.717, 1.165) is 16.1 Å². The van der Waals surface area contributed by atoms with Crippen LogP contribution in [-0.2, 0) is 0 Å². The minimum absolute atomic E-state index is 0.311. The van der Waals surface area contributed by atoms with Crippen molar-refractivity contribution in [1.82, 2.24) is 10.9 Å². The summed E-state index contributed by atoms with van der Waals surface area (Å²) in [7, 11) is 3.77. The molecule has 0 saturated carbocycles. The lowest BCUT2D eigenvalue weighted by atomic mass is 10.2. The van der Waals surface area contributed by atoms with E-state index in [-0.39, 0.29) is 5.82 Å². The van der Waals surface area contributed by atoms with E-state index in [1.54, 1.807) is 42.5 Å². The van der Waals surface area contributed by atoms with E-state index < -0.39 is 11.8 Å². The SMILES string of the molecule is CN(C)c1cccc(C(=O)NNC(=O)c2ccc(-c3ccc(F)cc3)s2)c1. The van der Waals surface area contributed by atoms with Gasteiger partial charge in [0, 0.05) is 30.2 Å². The Labute approximate surface area is 160 Å². The van der Waals surface area contributed by atoms with Crippen molar-refractivity contribution in [2.24, 2.45) is 0 Å². The average molecular weight is 383 g/mol. The number of hydrazine groups is 1. The third kappa shape index (κ3) is 4.51. The molecular formula is C20H18FN3O2S. The van der Waals surface area contributed by atoms with Gasteiger partial charge in [0.05, 0.1) is 4.88 Å². The van der Waals surface area contributed by atoms with Crippen molar-refractivity contribution >= 4 is 28.8 Å². The van der Waals surface area contributed by atoms with Crippen LogP contribution in [0.15, 0.2) is 60.7 Å². The Hall–Kier alpha value is -3.19. The predicted octanol–water partition coefficient (Wildman–Crippen LogP) is 3.70. The summed E-state index contributed by atoms with van der Waals surface area (Å²) >= 11 is 1.26. The van der Waals surface area contributed by atoms with E-state index in [4.69, 9.17) is 0 Å². The smallest absolute Gasteiger partial charge is 0.279 e. The first-order valence-electron chi connectivity index (χ1n) is 8.18. The molecule has 0 spiro atoms. The van der Waals surface area contributed by atoms with Crippen LogP contribution in [0.1, 0.15) is 20.0 Å². The molecule has 2 aromatic carbocycles. The zero-order chi connectivity index (χ0) is 19.4. The molecule has 0 atom stereocenters. The number of carbonyl (C=O) groups excluding carboxylic acids is 2. The number of rotatable bonds is 4. The van der Waals surface area contributed by atoms with Gasteiger partial charge in [0.2, 0.25) is 0 Å². The Balaban J connectivity index is 1.63. The zero-order valence-electron chi connectivity index (χ0n) is 14.8. The van der Waals surface area contributed by atoms with Gasteiger partial charge in [0.25, 0.3) is 11.8 Å². The standard InChI is InChI=1S/C20H18FN3O2S/c1-24(2)16-5-3-4-14(12-16)19(25)22-23-20(26)18-11-10-17(27-18)13-6-8-15(21)9-7-13/h3-12H,1-2H3,(H,22,25)(H,23,26). The summed E-state index contributed by atoms with van der Waals surface area (Å²) in [6, 6.07) is 16.6. The molecule has 1 heterocycles. The highest BCUT2D eigenvalue weighted by atomic mass is 32.1. The topological polar surface area (TPSA) is 61.4 Å². The molecule has 0 radical (unpaired) electrons. The van der Waals surface area contributed by atoms with Gasteiger partial charge in [-0.05, 0) is 48.0 Å². The largest absolute Gasteiger partial charge is 0.378 e. The Bertz CT molecular complexity index is 967. The number of halogens is 1. The van der Waals surface area contributed by atoms with Crippen molar-refractivity contribution in [3.8, 4) is 10.4 Å². The van der Waals surface area contributed by atoms with E-state index in [1.807, 2.05) is 25.1 Å². The number of nitrogens with zero attached hydrogens (tertiary/aromatic N) is 1. The van der Waals surface area contributed by atoms with Gasteiger partial charge in [-0.15, -0.1) is 11.3 Å². The second kappa shape index (κ2) is 8.01. The fourth-order valence-corrected chi connectivity index (χ4v) is 3.31. The van der Waals surface area contributed by atoms with Crippen LogP contribution in [-0.4, -0.2) is 25.9 Å². The van der Waals surface area contributed by atoms with E-state index in [9.17, 15) is 14.0 Å². The van der Waals surface area contributed by atoms with Crippen molar-refractivity contribution in [2.45, 2.75) is 0 Å². The van der Waals surface area contributed by atoms with Gasteiger partial charge in [0.15, 0.2) is 0 Å². The Kier molecular flexibility index (Phi) is 5.52. The summed E-state index contributed by atoms with van der Waals surface area (Å²) in [6.45, 7) is 0. The Morgan fingerprint density at radius 3 is 2.33 bits per heavy atom. The van der Waals surface area contributed by atoms with Crippen LogP contribution in [0.4, 0.5) is 10.1 Å². The summed E-state index contributed by atoms with van der Waals surface area (Å²) in [5.74, 6) is -1.12. The number of carbonyl (C=O) groups is 2. The lowest BCUT2D eigenvalue weighted by Gasteiger charge is -2.13. The van der Waals surface area contributed by atoms with Gasteiger partial charge < -0.3 is 4.90 Å². The van der Waals surface area contributed by atoms with Gasteiger partial charge in [-0.2, -0.15) is 0 Å². The van der Waals surface area contributed by atoms with Crippen LogP contribution in [0.25, 0.3) is 10.4 Å². The zero-order valence-corrected chi connectivity index (χ0v) is 15.6. The fourth-order valence-electron chi connectivity index (χ4n) is 2.40. The minimum atomic E-state index is -0.412. The molecule has 3 rings (SSSR count). The van der Waals surface area contributed by atoms with E-state index in [2.05, 4.69) is 10.9 Å². The van der Waals surface area contributed by atoms with Crippen LogP contribution >= 0.6 is 11.3 Å². The number of amides is 2. The number of nitrogens with one attached hydrogen (secondary N) is 2. The highest BCUT2D eigenvalue weighted by molar-refractivity contribution is 7.17. The number of benzene rings is 2. The normalized spacial score (nSPS) is 10.3. The molecule has 2 amide bonds. The van der Waals surface area contributed by atoms with Crippen LogP contribution in [0.3, 0.4) is 0 Å². The molecule has 0 unspecified atom stereocenters. The molecule has 0 aliphatic carbocycles. The van der Waals surface area contributed by atoms with Crippen LogP contribution in [0.5, 0.6) is 0 Å². The van der Waals surface area contributed by atoms with Crippen molar-refractivity contribution in [2.75, 3.05) is 19.0 Å². The van der Waals surface area contributed by atoms with Crippen molar-refractivity contribution in [3.63, 3.8) is 0 Å². The summed E-state index contributed by atoms with van der Waals surface area (Å²) in [4.78, 5) is 27.7. The molecule has 138 valence electrons. The minimum Gasteiger partial charge on any atom is -0.378 e. The summed E-state index contributed by atoms with van der Waals surface area (Å²) in [6.07, 6.45) is 0. The first kappa shape index (κ1) is 18.6. The molecule has 5 nitrogen and oxygen atoms in total. The molecule has 3 aromatic rings. The molecule has 7 heteroatoms. The molecular weight excluding hydrogens is 365 g/mol. The number of anilines is 1. The maximum atomic E-state index is 13.0. The van der Waals surface area contributed by atoms with Gasteiger partial charge in [-0.1, -0.05) is 18.2 Å². The van der Waals surface area contributed by atoms with Crippen molar-refractivity contribution < 1.29 is 14.0 Å². The summed E-state index contributed by atoms with van der Waals surface area (Å²) in [5, 5.41) is 0. The maximum absolute atomic E-state index is 13.0. The third-order valence-electron chi connectivity index (χ3n) is 3.87. The fraction of sp³-hybridized carbons (Fsp3) is 0.100.